The monoisotopic (exact) mass is 1150 g/mol. The highest BCUT2D eigenvalue weighted by molar-refractivity contribution is 5.79. The largest absolute Gasteiger partial charge is 0.490 e. The number of nitrogens with one attached hydrogen (secondary N) is 2. The van der Waals surface area contributed by atoms with Gasteiger partial charge in [-0.25, -0.2) is 4.98 Å². The van der Waals surface area contributed by atoms with Crippen molar-refractivity contribution < 1.29 is 63.1 Å². The molecule has 4 aliphatic heterocycles. The molecule has 460 valence electrons. The minimum absolute atomic E-state index is 0.252. The lowest BCUT2D eigenvalue weighted by Crippen LogP contribution is -2.64. The normalized spacial score (nSPS) is 26.0. The van der Waals surface area contributed by atoms with E-state index in [0.29, 0.717) is 72.7 Å². The average molecular weight is 1150 g/mol. The van der Waals surface area contributed by atoms with Crippen LogP contribution in [0.1, 0.15) is 176 Å². The maximum atomic E-state index is 11.3. The number of hydrogen-bond acceptors (Lipinski definition) is 16. The Balaban J connectivity index is 1.10. The number of pyridine rings is 1. The summed E-state index contributed by atoms with van der Waals surface area (Å²) >= 11 is 0. The van der Waals surface area contributed by atoms with Gasteiger partial charge in [0.2, 0.25) is 5.75 Å². The van der Waals surface area contributed by atoms with Gasteiger partial charge in [0.05, 0.1) is 44.4 Å². The standard InChI is InChI=1S/C67H99N3O13/c1-6-11-14-17-20-23-36-75-53-41-48(42-54(76-37-24-21-18-15-12-7-2)63(53)77-38-25-22-19-16-13-8-3)47-39-51(45-28-32-49(33-29-45)68-66-61(73)59(71)64-55(80-66)43-78-57(82-64)26-9-4)70-52(40-47)46-30-34-50(35-31-46)69-67-62(74)60(72)65-56(81-67)44-79-58(83-65)27-10-5/h28-35,39-42,55-62,64-69,71-74H,6-27,36-38,43-44H2,1-5H3/t55-,56-,57+,58+,59-,60-,61-,62-,64-,65-,66-,67-/m1/s1. The number of nitrogens with zero attached hydrogens (tertiary/aromatic N) is 1. The van der Waals surface area contributed by atoms with Crippen LogP contribution in [-0.2, 0) is 28.4 Å². The maximum absolute atomic E-state index is 11.3. The highest BCUT2D eigenvalue weighted by Gasteiger charge is 2.50. The van der Waals surface area contributed by atoms with Crippen molar-refractivity contribution in [2.75, 3.05) is 43.7 Å². The average Bonchev–Trinajstić information content (AvgIpc) is 3.51. The van der Waals surface area contributed by atoms with Crippen LogP contribution in [0.15, 0.2) is 72.8 Å². The van der Waals surface area contributed by atoms with Gasteiger partial charge in [-0.3, -0.25) is 0 Å². The van der Waals surface area contributed by atoms with Gasteiger partial charge >= 0.3 is 0 Å². The van der Waals surface area contributed by atoms with Crippen LogP contribution in [0.2, 0.25) is 0 Å². The minimum Gasteiger partial charge on any atom is -0.490 e. The zero-order valence-corrected chi connectivity index (χ0v) is 50.4. The van der Waals surface area contributed by atoms with E-state index in [2.05, 4.69) is 55.7 Å². The third-order valence-electron chi connectivity index (χ3n) is 16.3. The third kappa shape index (κ3) is 18.5. The van der Waals surface area contributed by atoms with E-state index >= 15 is 0 Å². The van der Waals surface area contributed by atoms with Crippen LogP contribution in [-0.4, -0.2) is 132 Å². The number of aliphatic hydroxyl groups excluding tert-OH is 4. The molecule has 0 aliphatic carbocycles. The number of benzene rings is 3. The second-order valence-electron chi connectivity index (χ2n) is 23.2. The molecule has 0 saturated carbocycles. The van der Waals surface area contributed by atoms with Crippen molar-refractivity contribution >= 4 is 11.4 Å². The molecule has 0 spiro atoms. The zero-order chi connectivity index (χ0) is 58.3. The van der Waals surface area contributed by atoms with Gasteiger partial charge in [0.1, 0.15) is 48.8 Å². The van der Waals surface area contributed by atoms with E-state index in [-0.39, 0.29) is 13.2 Å². The Morgan fingerprint density at radius 3 is 1.19 bits per heavy atom. The molecular formula is C67H99N3O13. The van der Waals surface area contributed by atoms with E-state index < -0.39 is 73.9 Å². The number of aliphatic hydroxyl groups is 4. The minimum atomic E-state index is -1.25. The molecular weight excluding hydrogens is 1050 g/mol. The fraction of sp³-hybridized carbons (Fsp3) is 0.657. The molecule has 0 bridgehead atoms. The number of anilines is 2. The number of fused-ring (bicyclic) bond motifs is 2. The van der Waals surface area contributed by atoms with Crippen molar-refractivity contribution in [2.45, 2.75) is 250 Å². The van der Waals surface area contributed by atoms with Gasteiger partial charge in [-0.1, -0.05) is 168 Å². The highest BCUT2D eigenvalue weighted by atomic mass is 16.7. The molecule has 6 N–H and O–H groups in total. The van der Waals surface area contributed by atoms with E-state index in [1.54, 1.807) is 0 Å². The van der Waals surface area contributed by atoms with Crippen LogP contribution in [0.3, 0.4) is 0 Å². The first-order chi connectivity index (χ1) is 40.6. The quantitative estimate of drug-likeness (QED) is 0.0237. The summed E-state index contributed by atoms with van der Waals surface area (Å²) in [4.78, 5) is 5.31. The molecule has 12 atom stereocenters. The van der Waals surface area contributed by atoms with Crippen LogP contribution in [0, 0.1) is 0 Å². The summed E-state index contributed by atoms with van der Waals surface area (Å²) in [6.07, 6.45) is 13.8. The number of aromatic nitrogens is 1. The summed E-state index contributed by atoms with van der Waals surface area (Å²) in [7, 11) is 0. The molecule has 1 aromatic heterocycles. The van der Waals surface area contributed by atoms with Crippen molar-refractivity contribution in [1.29, 1.82) is 0 Å². The van der Waals surface area contributed by atoms with Crippen molar-refractivity contribution in [3.63, 3.8) is 0 Å². The van der Waals surface area contributed by atoms with Gasteiger partial charge in [0, 0.05) is 22.5 Å². The summed E-state index contributed by atoms with van der Waals surface area (Å²) in [5.74, 6) is 1.98. The van der Waals surface area contributed by atoms with Gasteiger partial charge < -0.3 is 73.7 Å². The van der Waals surface area contributed by atoms with Crippen LogP contribution < -0.4 is 24.8 Å². The lowest BCUT2D eigenvalue weighted by Gasteiger charge is -2.46. The first-order valence-electron chi connectivity index (χ1n) is 32.0. The van der Waals surface area contributed by atoms with Crippen LogP contribution >= 0.6 is 0 Å². The van der Waals surface area contributed by atoms with Crippen LogP contribution in [0.5, 0.6) is 17.2 Å². The second-order valence-corrected chi connectivity index (χ2v) is 23.2. The van der Waals surface area contributed by atoms with Gasteiger partial charge in [-0.2, -0.15) is 0 Å². The number of hydrogen-bond donors (Lipinski definition) is 6. The Morgan fingerprint density at radius 1 is 0.422 bits per heavy atom. The Hall–Kier alpha value is -4.59. The Bertz CT molecular complexity index is 2330. The lowest BCUT2D eigenvalue weighted by atomic mass is 9.97. The predicted molar refractivity (Wildman–Crippen MR) is 325 cm³/mol. The van der Waals surface area contributed by atoms with Crippen LogP contribution in [0.25, 0.3) is 33.6 Å². The molecule has 8 rings (SSSR count). The van der Waals surface area contributed by atoms with E-state index in [4.69, 9.17) is 47.6 Å². The second kappa shape index (κ2) is 33.9. The van der Waals surface area contributed by atoms with Gasteiger partial charge in [0.25, 0.3) is 0 Å². The molecule has 4 saturated heterocycles. The highest BCUT2D eigenvalue weighted by Crippen LogP contribution is 2.44. The summed E-state index contributed by atoms with van der Waals surface area (Å²) in [5.41, 5.74) is 6.25. The summed E-state index contributed by atoms with van der Waals surface area (Å²) in [6, 6.07) is 23.9. The molecule has 3 aromatic carbocycles. The lowest BCUT2D eigenvalue weighted by molar-refractivity contribution is -0.322. The fourth-order valence-corrected chi connectivity index (χ4v) is 11.4. The summed E-state index contributed by atoms with van der Waals surface area (Å²) < 4.78 is 56.6. The van der Waals surface area contributed by atoms with Crippen molar-refractivity contribution in [2.24, 2.45) is 0 Å². The summed E-state index contributed by atoms with van der Waals surface area (Å²) in [5, 5.41) is 51.5. The van der Waals surface area contributed by atoms with E-state index in [1.165, 1.54) is 77.0 Å². The number of ether oxygens (including phenoxy) is 9. The van der Waals surface area contributed by atoms with Gasteiger partial charge in [-0.15, -0.1) is 0 Å². The Morgan fingerprint density at radius 2 is 0.795 bits per heavy atom. The molecule has 0 amide bonds. The van der Waals surface area contributed by atoms with E-state index in [9.17, 15) is 20.4 Å². The van der Waals surface area contributed by atoms with Gasteiger partial charge in [0.15, 0.2) is 36.5 Å². The molecule has 4 aromatic rings. The molecule has 5 heterocycles. The van der Waals surface area contributed by atoms with Crippen molar-refractivity contribution in [1.82, 2.24) is 4.98 Å². The predicted octanol–water partition coefficient (Wildman–Crippen LogP) is 13.1. The Labute approximate surface area is 494 Å². The van der Waals surface area contributed by atoms with E-state index in [1.807, 2.05) is 62.4 Å². The third-order valence-corrected chi connectivity index (χ3v) is 16.3. The van der Waals surface area contributed by atoms with Crippen molar-refractivity contribution in [3.05, 3.63) is 72.8 Å². The first kappa shape index (κ1) is 64.4. The fourth-order valence-electron chi connectivity index (χ4n) is 11.4. The number of unbranched alkanes of at least 4 members (excludes halogenated alkanes) is 15. The first-order valence-corrected chi connectivity index (χ1v) is 32.0. The number of rotatable bonds is 35. The molecule has 16 heteroatoms. The molecule has 0 radical (unpaired) electrons. The smallest absolute Gasteiger partial charge is 0.203 e. The zero-order valence-electron chi connectivity index (χ0n) is 50.4. The molecule has 4 aliphatic rings. The molecule has 0 unspecified atom stereocenters. The molecule has 4 fully saturated rings. The van der Waals surface area contributed by atoms with Crippen molar-refractivity contribution in [3.8, 4) is 50.9 Å². The summed E-state index contributed by atoms with van der Waals surface area (Å²) in [6.45, 7) is 13.0. The SMILES string of the molecule is CCCCCCCCOc1cc(-c2cc(-c3ccc(N[C@@H]4O[C@@H]5CO[C@H](CCC)O[C@H]5[C@H](O)[C@H]4O)cc3)nc(-c3ccc(N[C@@H]4O[C@@H]5CO[C@H](CCC)O[C@H]5[C@H](O)[C@H]4O)cc3)c2)cc(OCCCCCCCC)c1OCCCCCCCC. The topological polar surface area (TPSA) is 201 Å². The Kier molecular flexibility index (Phi) is 26.3. The molecule has 83 heavy (non-hydrogen) atoms. The maximum Gasteiger partial charge on any atom is 0.203 e. The van der Waals surface area contributed by atoms with Gasteiger partial charge in [-0.05, 0) is 91.8 Å². The van der Waals surface area contributed by atoms with Crippen LogP contribution in [0.4, 0.5) is 11.4 Å². The molecule has 16 nitrogen and oxygen atoms in total. The van der Waals surface area contributed by atoms with E-state index in [0.717, 1.165) is 73.6 Å².